The highest BCUT2D eigenvalue weighted by Gasteiger charge is 2.13. The van der Waals surface area contributed by atoms with Gasteiger partial charge in [0.1, 0.15) is 5.75 Å². The van der Waals surface area contributed by atoms with E-state index in [0.29, 0.717) is 19.5 Å². The number of hydrogen-bond acceptors (Lipinski definition) is 5. The molecule has 7 heteroatoms. The van der Waals surface area contributed by atoms with Crippen molar-refractivity contribution in [1.29, 1.82) is 0 Å². The van der Waals surface area contributed by atoms with E-state index in [1.807, 2.05) is 6.92 Å². The second-order valence-corrected chi connectivity index (χ2v) is 4.09. The minimum Gasteiger partial charge on any atom is -0.484 e. The van der Waals surface area contributed by atoms with Crippen LogP contribution in [0.2, 0.25) is 0 Å². The van der Waals surface area contributed by atoms with Gasteiger partial charge in [0.05, 0.1) is 11.0 Å². The molecule has 0 bridgehead atoms. The highest BCUT2D eigenvalue weighted by atomic mass is 16.6. The van der Waals surface area contributed by atoms with Gasteiger partial charge in [-0.2, -0.15) is 0 Å². The molecule has 0 spiro atoms. The Morgan fingerprint density at radius 2 is 2.25 bits per heavy atom. The fraction of sp³-hybridized carbons (Fsp3) is 0.462. The van der Waals surface area contributed by atoms with Crippen molar-refractivity contribution < 1.29 is 19.6 Å². The molecule has 0 fully saturated rings. The van der Waals surface area contributed by atoms with Crippen LogP contribution in [0.15, 0.2) is 24.3 Å². The van der Waals surface area contributed by atoms with Crippen LogP contribution in [0.4, 0.5) is 5.69 Å². The summed E-state index contributed by atoms with van der Waals surface area (Å²) in [5, 5.41) is 19.4. The SMILES string of the molecule is CCN(CCCO)C(=O)COc1cccc([N+](=O)[O-])c1. The first-order valence-electron chi connectivity index (χ1n) is 6.34. The number of carbonyl (C=O) groups excluding carboxylic acids is 1. The van der Waals surface area contributed by atoms with Crippen LogP contribution in [0, 0.1) is 10.1 Å². The van der Waals surface area contributed by atoms with Crippen LogP contribution in [0.5, 0.6) is 5.75 Å². The predicted octanol–water partition coefficient (Wildman–Crippen LogP) is 1.20. The van der Waals surface area contributed by atoms with Crippen molar-refractivity contribution in [3.63, 3.8) is 0 Å². The molecular weight excluding hydrogens is 264 g/mol. The van der Waals surface area contributed by atoms with Crippen molar-refractivity contribution in [2.24, 2.45) is 0 Å². The molecule has 0 saturated heterocycles. The molecule has 1 amide bonds. The van der Waals surface area contributed by atoms with Crippen molar-refractivity contribution >= 4 is 11.6 Å². The van der Waals surface area contributed by atoms with Gasteiger partial charge >= 0.3 is 0 Å². The number of aliphatic hydroxyl groups is 1. The number of nitro benzene ring substituents is 1. The van der Waals surface area contributed by atoms with Crippen LogP contribution in [-0.4, -0.2) is 47.1 Å². The number of carbonyl (C=O) groups is 1. The first-order valence-corrected chi connectivity index (χ1v) is 6.34. The molecule has 0 aliphatic carbocycles. The molecule has 1 N–H and O–H groups in total. The monoisotopic (exact) mass is 282 g/mol. The minimum atomic E-state index is -0.520. The van der Waals surface area contributed by atoms with Gasteiger partial charge in [-0.25, -0.2) is 0 Å². The fourth-order valence-electron chi connectivity index (χ4n) is 1.64. The molecule has 1 aromatic rings. The minimum absolute atomic E-state index is 0.0233. The predicted molar refractivity (Wildman–Crippen MR) is 72.5 cm³/mol. The van der Waals surface area contributed by atoms with Gasteiger partial charge in [-0.15, -0.1) is 0 Å². The third-order valence-electron chi connectivity index (χ3n) is 2.71. The lowest BCUT2D eigenvalue weighted by Crippen LogP contribution is -2.35. The molecule has 0 heterocycles. The molecule has 0 aromatic heterocycles. The molecule has 110 valence electrons. The highest BCUT2D eigenvalue weighted by Crippen LogP contribution is 2.19. The summed E-state index contributed by atoms with van der Waals surface area (Å²) in [5.41, 5.74) is -0.0809. The molecular formula is C13H18N2O5. The lowest BCUT2D eigenvalue weighted by atomic mass is 10.3. The molecule has 0 aliphatic rings. The Kier molecular flexibility index (Phi) is 6.45. The third kappa shape index (κ3) is 4.85. The maximum absolute atomic E-state index is 11.9. The normalized spacial score (nSPS) is 10.1. The summed E-state index contributed by atoms with van der Waals surface area (Å²) < 4.78 is 5.26. The van der Waals surface area contributed by atoms with Crippen LogP contribution in [0.25, 0.3) is 0 Å². The Hall–Kier alpha value is -2.15. The van der Waals surface area contributed by atoms with Crippen LogP contribution in [-0.2, 0) is 4.79 Å². The van der Waals surface area contributed by atoms with Crippen molar-refractivity contribution in [3.8, 4) is 5.75 Å². The second-order valence-electron chi connectivity index (χ2n) is 4.09. The van der Waals surface area contributed by atoms with Crippen LogP contribution in [0.1, 0.15) is 13.3 Å². The molecule has 7 nitrogen and oxygen atoms in total. The van der Waals surface area contributed by atoms with Crippen LogP contribution < -0.4 is 4.74 Å². The maximum atomic E-state index is 11.9. The molecule has 1 rings (SSSR count). The van der Waals surface area contributed by atoms with E-state index in [1.165, 1.54) is 18.2 Å². The van der Waals surface area contributed by atoms with Crippen molar-refractivity contribution in [3.05, 3.63) is 34.4 Å². The number of non-ortho nitro benzene ring substituents is 1. The van der Waals surface area contributed by atoms with Gasteiger partial charge in [0.25, 0.3) is 11.6 Å². The second kappa shape index (κ2) is 8.11. The van der Waals surface area contributed by atoms with Gasteiger partial charge in [-0.1, -0.05) is 6.07 Å². The average molecular weight is 282 g/mol. The summed E-state index contributed by atoms with van der Waals surface area (Å²) >= 11 is 0. The Morgan fingerprint density at radius 1 is 1.50 bits per heavy atom. The summed E-state index contributed by atoms with van der Waals surface area (Å²) in [6.07, 6.45) is 0.510. The average Bonchev–Trinajstić information content (AvgIpc) is 2.46. The molecule has 0 radical (unpaired) electrons. The lowest BCUT2D eigenvalue weighted by molar-refractivity contribution is -0.384. The Labute approximate surface area is 116 Å². The quantitative estimate of drug-likeness (QED) is 0.571. The first kappa shape index (κ1) is 15.9. The van der Waals surface area contributed by atoms with Gasteiger partial charge < -0.3 is 14.7 Å². The molecule has 0 aliphatic heterocycles. The van der Waals surface area contributed by atoms with Crippen LogP contribution in [0.3, 0.4) is 0 Å². The zero-order valence-electron chi connectivity index (χ0n) is 11.3. The lowest BCUT2D eigenvalue weighted by Gasteiger charge is -2.20. The number of rotatable bonds is 8. The number of likely N-dealkylation sites (N-methyl/N-ethyl adjacent to an activating group) is 1. The van der Waals surface area contributed by atoms with Crippen LogP contribution >= 0.6 is 0 Å². The van der Waals surface area contributed by atoms with Gasteiger partial charge in [0.2, 0.25) is 0 Å². The Morgan fingerprint density at radius 3 is 2.85 bits per heavy atom. The summed E-state index contributed by atoms with van der Waals surface area (Å²) in [4.78, 5) is 23.5. The molecule has 20 heavy (non-hydrogen) atoms. The number of nitrogens with zero attached hydrogens (tertiary/aromatic N) is 2. The number of nitro groups is 1. The number of amides is 1. The maximum Gasteiger partial charge on any atom is 0.273 e. The number of aliphatic hydroxyl groups excluding tert-OH is 1. The van der Waals surface area contributed by atoms with Gasteiger partial charge in [-0.3, -0.25) is 14.9 Å². The fourth-order valence-corrected chi connectivity index (χ4v) is 1.64. The number of benzene rings is 1. The van der Waals surface area contributed by atoms with E-state index in [1.54, 1.807) is 11.0 Å². The zero-order valence-corrected chi connectivity index (χ0v) is 11.3. The smallest absolute Gasteiger partial charge is 0.273 e. The van der Waals surface area contributed by atoms with Crippen molar-refractivity contribution in [2.75, 3.05) is 26.3 Å². The largest absolute Gasteiger partial charge is 0.484 e. The van der Waals surface area contributed by atoms with E-state index in [2.05, 4.69) is 0 Å². The molecule has 0 saturated carbocycles. The van der Waals surface area contributed by atoms with E-state index in [4.69, 9.17) is 9.84 Å². The topological polar surface area (TPSA) is 92.9 Å². The Bertz CT molecular complexity index is 464. The molecule has 1 aromatic carbocycles. The van der Waals surface area contributed by atoms with Crippen molar-refractivity contribution in [2.45, 2.75) is 13.3 Å². The van der Waals surface area contributed by atoms with E-state index in [-0.39, 0.29) is 30.6 Å². The third-order valence-corrected chi connectivity index (χ3v) is 2.71. The van der Waals surface area contributed by atoms with E-state index >= 15 is 0 Å². The van der Waals surface area contributed by atoms with E-state index in [0.717, 1.165) is 0 Å². The molecule has 0 unspecified atom stereocenters. The standard InChI is InChI=1S/C13H18N2O5/c1-2-14(7-4-8-16)13(17)10-20-12-6-3-5-11(9-12)15(18)19/h3,5-6,9,16H,2,4,7-8,10H2,1H3. The van der Waals surface area contributed by atoms with Gasteiger partial charge in [0, 0.05) is 25.8 Å². The summed E-state index contributed by atoms with van der Waals surface area (Å²) in [7, 11) is 0. The van der Waals surface area contributed by atoms with Gasteiger partial charge in [-0.05, 0) is 19.4 Å². The summed E-state index contributed by atoms with van der Waals surface area (Å²) in [6.45, 7) is 2.67. The zero-order chi connectivity index (χ0) is 15.0. The van der Waals surface area contributed by atoms with Crippen molar-refractivity contribution in [1.82, 2.24) is 4.90 Å². The first-order chi connectivity index (χ1) is 9.58. The van der Waals surface area contributed by atoms with E-state index < -0.39 is 4.92 Å². The molecule has 0 atom stereocenters. The van der Waals surface area contributed by atoms with Gasteiger partial charge in [0.15, 0.2) is 6.61 Å². The Balaban J connectivity index is 2.55. The summed E-state index contributed by atoms with van der Waals surface area (Å²) in [6, 6.07) is 5.69. The highest BCUT2D eigenvalue weighted by molar-refractivity contribution is 5.77. The number of ether oxygens (including phenoxy) is 1. The van der Waals surface area contributed by atoms with E-state index in [9.17, 15) is 14.9 Å². The number of hydrogen-bond donors (Lipinski definition) is 1. The summed E-state index contributed by atoms with van der Waals surface area (Å²) in [5.74, 6) is 0.0678.